The van der Waals surface area contributed by atoms with Gasteiger partial charge < -0.3 is 0 Å². The highest BCUT2D eigenvalue weighted by Gasteiger charge is 1.78. The number of allylic oxidation sites excluding steroid dienone is 2. The van der Waals surface area contributed by atoms with Crippen LogP contribution in [0.25, 0.3) is 0 Å². The average molecular weight is 113 g/mol. The van der Waals surface area contributed by atoms with E-state index in [4.69, 9.17) is 0 Å². The molecule has 0 saturated carbocycles. The average Bonchev–Trinajstić information content (AvgIpc) is 1.83. The third kappa shape index (κ3) is 3.28. The van der Waals surface area contributed by atoms with Gasteiger partial charge in [-0.3, -0.25) is 0 Å². The minimum Gasteiger partial charge on any atom is -0.229 e. The van der Waals surface area contributed by atoms with Crippen LogP contribution in [0.3, 0.4) is 0 Å². The van der Waals surface area contributed by atoms with Crippen LogP contribution in [-0.4, -0.2) is 5.97 Å². The van der Waals surface area contributed by atoms with E-state index >= 15 is 0 Å². The Balaban J connectivity index is 3.74. The molecule has 0 atom stereocenters. The Morgan fingerprint density at radius 2 is 2.38 bits per heavy atom. The summed E-state index contributed by atoms with van der Waals surface area (Å²) < 4.78 is 11.9. The largest absolute Gasteiger partial charge is 0.229 e. The third-order valence-electron chi connectivity index (χ3n) is 0.515. The molecule has 0 radical (unpaired) electrons. The molecule has 0 fully saturated rings. The first-order valence-corrected chi connectivity index (χ1v) is 2.28. The molecule has 0 bridgehead atoms. The lowest BCUT2D eigenvalue weighted by atomic mass is 10.6. The van der Waals surface area contributed by atoms with E-state index < -0.39 is 5.97 Å². The van der Waals surface area contributed by atoms with Crippen molar-refractivity contribution in [3.63, 3.8) is 0 Å². The minimum absolute atomic E-state index is 0.553. The first-order valence-electron chi connectivity index (χ1n) is 2.28. The molecule has 2 heteroatoms. The minimum atomic E-state index is -0.553. The maximum absolute atomic E-state index is 11.9. The van der Waals surface area contributed by atoms with E-state index in [2.05, 4.69) is 11.6 Å². The highest BCUT2D eigenvalue weighted by Crippen LogP contribution is 1.82. The molecular weight excluding hydrogens is 105 g/mol. The fourth-order valence-electron chi connectivity index (χ4n) is 0.198. The van der Waals surface area contributed by atoms with Crippen LogP contribution in [-0.2, 0) is 0 Å². The van der Waals surface area contributed by atoms with E-state index in [1.165, 1.54) is 6.20 Å². The molecule has 0 aliphatic heterocycles. The zero-order chi connectivity index (χ0) is 6.41. The summed E-state index contributed by atoms with van der Waals surface area (Å²) in [6, 6.07) is 0. The summed E-state index contributed by atoms with van der Waals surface area (Å²) in [6.45, 7) is 4.94. The smallest absolute Gasteiger partial charge is 0.212 e. The van der Waals surface area contributed by atoms with E-state index in [0.29, 0.717) is 0 Å². The number of halogens is 1. The summed E-state index contributed by atoms with van der Waals surface area (Å²) in [4.78, 5) is 3.31. The summed E-state index contributed by atoms with van der Waals surface area (Å²) in [5.74, 6) is -0.553. The lowest BCUT2D eigenvalue weighted by Gasteiger charge is -1.76. The summed E-state index contributed by atoms with van der Waals surface area (Å²) in [7, 11) is 0. The van der Waals surface area contributed by atoms with E-state index in [-0.39, 0.29) is 0 Å². The molecule has 0 rings (SSSR count). The zero-order valence-electron chi connectivity index (χ0n) is 4.76. The first-order chi connectivity index (χ1) is 3.81. The van der Waals surface area contributed by atoms with E-state index in [1.807, 2.05) is 0 Å². The van der Waals surface area contributed by atoms with Crippen LogP contribution in [0, 0.1) is 0 Å². The second kappa shape index (κ2) is 4.24. The Morgan fingerprint density at radius 1 is 1.75 bits per heavy atom. The van der Waals surface area contributed by atoms with Crippen molar-refractivity contribution < 1.29 is 4.39 Å². The predicted molar refractivity (Wildman–Crippen MR) is 33.6 cm³/mol. The van der Waals surface area contributed by atoms with Gasteiger partial charge in [0.25, 0.3) is 0 Å². The third-order valence-corrected chi connectivity index (χ3v) is 0.515. The second-order valence-corrected chi connectivity index (χ2v) is 1.14. The number of nitrogens with zero attached hydrogens (tertiary/aromatic N) is 1. The van der Waals surface area contributed by atoms with Gasteiger partial charge in [-0.15, -0.1) is 0 Å². The Bertz CT molecular complexity index is 124. The molecular formula is C6H8FN. The highest BCUT2D eigenvalue weighted by molar-refractivity contribution is 5.86. The maximum Gasteiger partial charge on any atom is 0.212 e. The van der Waals surface area contributed by atoms with Crippen molar-refractivity contribution in [1.82, 2.24) is 0 Å². The lowest BCUT2D eigenvalue weighted by Crippen LogP contribution is -1.74. The molecule has 0 saturated heterocycles. The first kappa shape index (κ1) is 7.08. The molecule has 0 aliphatic carbocycles. The van der Waals surface area contributed by atoms with Gasteiger partial charge in [-0.05, 0) is 13.0 Å². The van der Waals surface area contributed by atoms with Crippen LogP contribution in [0.15, 0.2) is 29.9 Å². The van der Waals surface area contributed by atoms with Crippen molar-refractivity contribution in [3.8, 4) is 0 Å². The predicted octanol–water partition coefficient (Wildman–Crippen LogP) is 2.07. The molecule has 0 spiro atoms. The molecule has 8 heavy (non-hydrogen) atoms. The number of rotatable bonds is 2. The van der Waals surface area contributed by atoms with Crippen LogP contribution < -0.4 is 0 Å². The van der Waals surface area contributed by atoms with Gasteiger partial charge in [-0.25, -0.2) is 4.99 Å². The van der Waals surface area contributed by atoms with Crippen LogP contribution in [0.2, 0.25) is 0 Å². The van der Waals surface area contributed by atoms with Crippen LogP contribution in [0.1, 0.15) is 6.92 Å². The summed E-state index contributed by atoms with van der Waals surface area (Å²) in [5, 5.41) is 0. The zero-order valence-corrected chi connectivity index (χ0v) is 4.76. The van der Waals surface area contributed by atoms with Crippen molar-refractivity contribution in [2.45, 2.75) is 6.92 Å². The van der Waals surface area contributed by atoms with Gasteiger partial charge in [0.2, 0.25) is 5.97 Å². The Kier molecular flexibility index (Phi) is 3.76. The van der Waals surface area contributed by atoms with Gasteiger partial charge >= 0.3 is 0 Å². The van der Waals surface area contributed by atoms with Crippen LogP contribution >= 0.6 is 0 Å². The number of aliphatic imine (C=N–C) groups is 1. The van der Waals surface area contributed by atoms with Crippen molar-refractivity contribution in [1.29, 1.82) is 0 Å². The molecule has 0 aromatic carbocycles. The lowest BCUT2D eigenvalue weighted by molar-refractivity contribution is 0.813. The maximum atomic E-state index is 11.9. The number of hydrogen-bond donors (Lipinski definition) is 0. The van der Waals surface area contributed by atoms with Crippen molar-refractivity contribution in [2.75, 3.05) is 0 Å². The van der Waals surface area contributed by atoms with Crippen molar-refractivity contribution >= 4 is 5.97 Å². The molecule has 0 N–H and O–H groups in total. The number of hydrogen-bond acceptors (Lipinski definition) is 1. The Labute approximate surface area is 48.2 Å². The van der Waals surface area contributed by atoms with Crippen molar-refractivity contribution in [2.24, 2.45) is 4.99 Å². The molecule has 0 unspecified atom stereocenters. The Hall–Kier alpha value is -0.920. The van der Waals surface area contributed by atoms with Gasteiger partial charge in [0.1, 0.15) is 0 Å². The van der Waals surface area contributed by atoms with E-state index in [9.17, 15) is 4.39 Å². The fourth-order valence-corrected chi connectivity index (χ4v) is 0.198. The quantitative estimate of drug-likeness (QED) is 0.486. The molecule has 0 heterocycles. The molecule has 0 aliphatic rings. The molecule has 44 valence electrons. The second-order valence-electron chi connectivity index (χ2n) is 1.14. The summed E-state index contributed by atoms with van der Waals surface area (Å²) >= 11 is 0. The van der Waals surface area contributed by atoms with Crippen LogP contribution in [0.4, 0.5) is 4.39 Å². The molecule has 1 nitrogen and oxygen atoms in total. The molecule has 0 amide bonds. The standard InChI is InChI=1S/C6H8FN/c1-3-5-8-6(7)4-2/h3-5H,2H2,1H3/b5-3-,8-6?. The summed E-state index contributed by atoms with van der Waals surface area (Å²) in [6.07, 6.45) is 4.07. The van der Waals surface area contributed by atoms with E-state index in [1.54, 1.807) is 13.0 Å². The molecule has 0 aromatic heterocycles. The van der Waals surface area contributed by atoms with Gasteiger partial charge in [0.15, 0.2) is 0 Å². The van der Waals surface area contributed by atoms with Gasteiger partial charge in [-0.1, -0.05) is 12.7 Å². The van der Waals surface area contributed by atoms with Gasteiger partial charge in [0.05, 0.1) is 0 Å². The topological polar surface area (TPSA) is 12.4 Å². The van der Waals surface area contributed by atoms with Gasteiger partial charge in [-0.2, -0.15) is 4.39 Å². The normalized spacial score (nSPS) is 12.5. The SMILES string of the molecule is C=CC(F)=N/C=C\C. The van der Waals surface area contributed by atoms with E-state index in [0.717, 1.165) is 6.08 Å². The van der Waals surface area contributed by atoms with Crippen molar-refractivity contribution in [3.05, 3.63) is 24.9 Å². The Morgan fingerprint density at radius 3 is 2.75 bits per heavy atom. The summed E-state index contributed by atoms with van der Waals surface area (Å²) in [5.41, 5.74) is 0. The molecule has 0 aromatic rings. The van der Waals surface area contributed by atoms with Gasteiger partial charge in [0, 0.05) is 6.20 Å². The highest BCUT2D eigenvalue weighted by atomic mass is 19.1. The monoisotopic (exact) mass is 113 g/mol. The van der Waals surface area contributed by atoms with Crippen LogP contribution in [0.5, 0.6) is 0 Å². The fraction of sp³-hybridized carbons (Fsp3) is 0.167.